The Hall–Kier alpha value is -2.88. The summed E-state index contributed by atoms with van der Waals surface area (Å²) in [5, 5.41) is 1.10. The molecule has 1 aliphatic rings. The van der Waals surface area contributed by atoms with Crippen molar-refractivity contribution in [1.82, 2.24) is 9.88 Å². The van der Waals surface area contributed by atoms with Crippen LogP contribution >= 0.6 is 0 Å². The third-order valence-electron chi connectivity index (χ3n) is 4.35. The molecule has 1 aliphatic heterocycles. The largest absolute Gasteiger partial charge is 0.492 e. The van der Waals surface area contributed by atoms with Gasteiger partial charge in [-0.3, -0.25) is 9.78 Å². The van der Waals surface area contributed by atoms with Crippen LogP contribution in [0.2, 0.25) is 0 Å². The Morgan fingerprint density at radius 1 is 1.12 bits per heavy atom. The molecule has 0 saturated heterocycles. The summed E-state index contributed by atoms with van der Waals surface area (Å²) in [4.78, 5) is 19.1. The molecule has 4 heteroatoms. The standard InChI is InChI=1S/C20H18N2O2/c1-22(13-16-10-9-14-5-2-3-8-18(14)21-16)20(23)17-7-4-6-15-11-12-24-19(15)17/h2-10H,11-13H2,1H3. The maximum absolute atomic E-state index is 12.8. The predicted molar refractivity (Wildman–Crippen MR) is 93.2 cm³/mol. The molecule has 1 amide bonds. The van der Waals surface area contributed by atoms with Crippen molar-refractivity contribution in [2.75, 3.05) is 13.7 Å². The van der Waals surface area contributed by atoms with E-state index >= 15 is 0 Å². The number of aromatic nitrogens is 1. The van der Waals surface area contributed by atoms with Crippen molar-refractivity contribution < 1.29 is 9.53 Å². The van der Waals surface area contributed by atoms with Crippen molar-refractivity contribution in [2.24, 2.45) is 0 Å². The van der Waals surface area contributed by atoms with Crippen molar-refractivity contribution in [3.05, 3.63) is 71.4 Å². The second-order valence-corrected chi connectivity index (χ2v) is 6.05. The van der Waals surface area contributed by atoms with Crippen molar-refractivity contribution in [3.8, 4) is 5.75 Å². The first kappa shape index (κ1) is 14.7. The molecule has 0 saturated carbocycles. The smallest absolute Gasteiger partial charge is 0.257 e. The summed E-state index contributed by atoms with van der Waals surface area (Å²) in [7, 11) is 1.80. The number of carbonyl (C=O) groups is 1. The predicted octanol–water partition coefficient (Wildman–Crippen LogP) is 3.44. The Labute approximate surface area is 140 Å². The van der Waals surface area contributed by atoms with E-state index in [1.165, 1.54) is 0 Å². The van der Waals surface area contributed by atoms with Gasteiger partial charge in [0.25, 0.3) is 5.91 Å². The third-order valence-corrected chi connectivity index (χ3v) is 4.35. The van der Waals surface area contributed by atoms with Gasteiger partial charge in [0.15, 0.2) is 0 Å². The Balaban J connectivity index is 1.58. The highest BCUT2D eigenvalue weighted by Gasteiger charge is 2.22. The highest BCUT2D eigenvalue weighted by molar-refractivity contribution is 5.97. The number of hydrogen-bond acceptors (Lipinski definition) is 3. The first-order chi connectivity index (χ1) is 11.7. The van der Waals surface area contributed by atoms with Gasteiger partial charge < -0.3 is 9.64 Å². The lowest BCUT2D eigenvalue weighted by Crippen LogP contribution is -2.27. The second-order valence-electron chi connectivity index (χ2n) is 6.05. The topological polar surface area (TPSA) is 42.4 Å². The first-order valence-electron chi connectivity index (χ1n) is 8.07. The Kier molecular flexibility index (Phi) is 3.65. The first-order valence-corrected chi connectivity index (χ1v) is 8.07. The highest BCUT2D eigenvalue weighted by atomic mass is 16.5. The summed E-state index contributed by atoms with van der Waals surface area (Å²) in [6.45, 7) is 1.11. The number of hydrogen-bond donors (Lipinski definition) is 0. The van der Waals surface area contributed by atoms with Gasteiger partial charge in [0.1, 0.15) is 5.75 Å². The minimum atomic E-state index is -0.0382. The van der Waals surface area contributed by atoms with E-state index in [2.05, 4.69) is 4.98 Å². The van der Waals surface area contributed by atoms with Gasteiger partial charge in [-0.1, -0.05) is 36.4 Å². The maximum atomic E-state index is 12.8. The van der Waals surface area contributed by atoms with Crippen molar-refractivity contribution >= 4 is 16.8 Å². The summed E-state index contributed by atoms with van der Waals surface area (Å²) < 4.78 is 5.65. The van der Waals surface area contributed by atoms with Crippen LogP contribution in [0.4, 0.5) is 0 Å². The van der Waals surface area contributed by atoms with Crippen LogP contribution in [0.25, 0.3) is 10.9 Å². The minimum Gasteiger partial charge on any atom is -0.492 e. The van der Waals surface area contributed by atoms with Gasteiger partial charge in [-0.15, -0.1) is 0 Å². The van der Waals surface area contributed by atoms with Crippen LogP contribution in [0.1, 0.15) is 21.6 Å². The quantitative estimate of drug-likeness (QED) is 0.743. The average molecular weight is 318 g/mol. The number of para-hydroxylation sites is 2. The van der Waals surface area contributed by atoms with Crippen LogP contribution in [-0.2, 0) is 13.0 Å². The van der Waals surface area contributed by atoms with Gasteiger partial charge in [-0.05, 0) is 23.8 Å². The molecule has 120 valence electrons. The SMILES string of the molecule is CN(Cc1ccc2ccccc2n1)C(=O)c1cccc2c1OCC2. The lowest BCUT2D eigenvalue weighted by molar-refractivity contribution is 0.0780. The number of rotatable bonds is 3. The molecule has 0 radical (unpaired) electrons. The molecule has 0 spiro atoms. The fourth-order valence-electron chi connectivity index (χ4n) is 3.10. The van der Waals surface area contributed by atoms with E-state index in [9.17, 15) is 4.79 Å². The monoisotopic (exact) mass is 318 g/mol. The van der Waals surface area contributed by atoms with Crippen LogP contribution in [0.3, 0.4) is 0 Å². The number of fused-ring (bicyclic) bond motifs is 2. The zero-order chi connectivity index (χ0) is 16.5. The normalized spacial score (nSPS) is 12.7. The fourth-order valence-corrected chi connectivity index (χ4v) is 3.10. The van der Waals surface area contributed by atoms with E-state index < -0.39 is 0 Å². The van der Waals surface area contributed by atoms with E-state index in [1.807, 2.05) is 54.6 Å². The number of carbonyl (C=O) groups excluding carboxylic acids is 1. The van der Waals surface area contributed by atoms with E-state index in [0.717, 1.165) is 34.3 Å². The fraction of sp³-hybridized carbons (Fsp3) is 0.200. The lowest BCUT2D eigenvalue weighted by atomic mass is 10.1. The van der Waals surface area contributed by atoms with E-state index in [1.54, 1.807) is 11.9 Å². The molecule has 1 aromatic heterocycles. The third kappa shape index (κ3) is 2.60. The number of nitrogens with zero attached hydrogens (tertiary/aromatic N) is 2. The average Bonchev–Trinajstić information content (AvgIpc) is 3.09. The molecule has 0 unspecified atom stereocenters. The van der Waals surface area contributed by atoms with Gasteiger partial charge in [0.2, 0.25) is 0 Å². The van der Waals surface area contributed by atoms with Crippen molar-refractivity contribution in [1.29, 1.82) is 0 Å². The van der Waals surface area contributed by atoms with Gasteiger partial charge in [0.05, 0.1) is 29.9 Å². The number of amides is 1. The summed E-state index contributed by atoms with van der Waals surface area (Å²) in [5.74, 6) is 0.699. The summed E-state index contributed by atoms with van der Waals surface area (Å²) in [5.41, 5.74) is 3.56. The van der Waals surface area contributed by atoms with Gasteiger partial charge in [0, 0.05) is 18.9 Å². The molecule has 4 nitrogen and oxygen atoms in total. The summed E-state index contributed by atoms with van der Waals surface area (Å²) in [6.07, 6.45) is 0.867. The lowest BCUT2D eigenvalue weighted by Gasteiger charge is -2.18. The van der Waals surface area contributed by atoms with Crippen LogP contribution < -0.4 is 4.74 Å². The number of ether oxygens (including phenoxy) is 1. The molecule has 24 heavy (non-hydrogen) atoms. The van der Waals surface area contributed by atoms with Gasteiger partial charge in [-0.2, -0.15) is 0 Å². The van der Waals surface area contributed by atoms with E-state index in [0.29, 0.717) is 18.7 Å². The molecule has 0 bridgehead atoms. The number of pyridine rings is 1. The minimum absolute atomic E-state index is 0.0382. The van der Waals surface area contributed by atoms with Crippen LogP contribution in [0, 0.1) is 0 Å². The van der Waals surface area contributed by atoms with Crippen LogP contribution in [0.15, 0.2) is 54.6 Å². The molecule has 2 heterocycles. The molecule has 2 aromatic carbocycles. The molecule has 4 rings (SSSR count). The Morgan fingerprint density at radius 3 is 2.92 bits per heavy atom. The Morgan fingerprint density at radius 2 is 2.00 bits per heavy atom. The van der Waals surface area contributed by atoms with Crippen LogP contribution in [0.5, 0.6) is 5.75 Å². The number of benzene rings is 2. The van der Waals surface area contributed by atoms with E-state index in [4.69, 9.17) is 4.74 Å². The maximum Gasteiger partial charge on any atom is 0.257 e. The van der Waals surface area contributed by atoms with Crippen molar-refractivity contribution in [3.63, 3.8) is 0 Å². The Bertz CT molecular complexity index is 920. The van der Waals surface area contributed by atoms with Gasteiger partial charge in [-0.25, -0.2) is 0 Å². The molecule has 0 atom stereocenters. The molecular formula is C20H18N2O2. The van der Waals surface area contributed by atoms with Crippen LogP contribution in [-0.4, -0.2) is 29.4 Å². The van der Waals surface area contributed by atoms with Crippen molar-refractivity contribution in [2.45, 2.75) is 13.0 Å². The van der Waals surface area contributed by atoms with Gasteiger partial charge >= 0.3 is 0 Å². The zero-order valence-electron chi connectivity index (χ0n) is 13.5. The zero-order valence-corrected chi connectivity index (χ0v) is 13.5. The molecule has 0 aliphatic carbocycles. The highest BCUT2D eigenvalue weighted by Crippen LogP contribution is 2.30. The molecule has 3 aromatic rings. The molecule has 0 fully saturated rings. The summed E-state index contributed by atoms with van der Waals surface area (Å²) in [6, 6.07) is 17.8. The summed E-state index contributed by atoms with van der Waals surface area (Å²) >= 11 is 0. The molecule has 0 N–H and O–H groups in total. The second kappa shape index (κ2) is 5.96. The molecular weight excluding hydrogens is 300 g/mol. The van der Waals surface area contributed by atoms with E-state index in [-0.39, 0.29) is 5.91 Å².